The van der Waals surface area contributed by atoms with E-state index in [0.29, 0.717) is 34.9 Å². The van der Waals surface area contributed by atoms with Gasteiger partial charge in [0, 0.05) is 41.7 Å². The number of aliphatic hydroxyl groups is 1. The fourth-order valence-corrected chi connectivity index (χ4v) is 3.07. The zero-order valence-electron chi connectivity index (χ0n) is 17.2. The Kier molecular flexibility index (Phi) is 3.15. The van der Waals surface area contributed by atoms with E-state index in [-0.39, 0.29) is 18.7 Å². The van der Waals surface area contributed by atoms with E-state index < -0.39 is 24.4 Å². The topological polar surface area (TPSA) is 111 Å². The van der Waals surface area contributed by atoms with Crippen LogP contribution in [0.1, 0.15) is 32.3 Å². The maximum atomic E-state index is 12.3. The molecule has 1 aromatic heterocycles. The summed E-state index contributed by atoms with van der Waals surface area (Å²) >= 11 is 0. The number of fused-ring (bicyclic) bond motifs is 3. The van der Waals surface area contributed by atoms with Crippen molar-refractivity contribution >= 4 is 11.8 Å². The lowest BCUT2D eigenvalue weighted by molar-refractivity contribution is -0.137. The van der Waals surface area contributed by atoms with Crippen molar-refractivity contribution in [2.75, 3.05) is 20.1 Å². The molecule has 2 amide bonds. The number of carbonyl (C=O) groups excluding carboxylic acids is 2. The van der Waals surface area contributed by atoms with Gasteiger partial charge in [0.25, 0.3) is 11.8 Å². The highest BCUT2D eigenvalue weighted by Crippen LogP contribution is 2.29. The minimum Gasteiger partial charge on any atom is -0.491 e. The number of aromatic nitrogens is 2. The molecule has 1 aromatic carbocycles. The van der Waals surface area contributed by atoms with Gasteiger partial charge in [-0.3, -0.25) is 9.59 Å². The number of nitrogens with zero attached hydrogens (tertiary/aromatic N) is 3. The van der Waals surface area contributed by atoms with Crippen molar-refractivity contribution in [1.29, 1.82) is 0 Å². The van der Waals surface area contributed by atoms with E-state index in [1.54, 1.807) is 28.9 Å². The van der Waals surface area contributed by atoms with Gasteiger partial charge in [-0.05, 0) is 24.3 Å². The summed E-state index contributed by atoms with van der Waals surface area (Å²) < 4.78 is 29.4. The Bertz CT molecular complexity index is 1120. The highest BCUT2D eigenvalue weighted by Gasteiger charge is 2.42. The lowest BCUT2D eigenvalue weighted by atomic mass is 10.0. The van der Waals surface area contributed by atoms with Gasteiger partial charge in [-0.15, -0.1) is 0 Å². The molecule has 0 radical (unpaired) electrons. The van der Waals surface area contributed by atoms with Crippen LogP contribution in [-0.4, -0.2) is 57.3 Å². The zero-order chi connectivity index (χ0) is 21.7. The average Bonchev–Trinajstić information content (AvgIpc) is 3.18. The highest BCUT2D eigenvalue weighted by atomic mass is 16.5. The van der Waals surface area contributed by atoms with Gasteiger partial charge >= 0.3 is 0 Å². The molecule has 0 bridgehead atoms. The molecule has 1 saturated heterocycles. The smallest absolute Gasteiger partial charge is 0.269 e. The van der Waals surface area contributed by atoms with Gasteiger partial charge in [0.1, 0.15) is 11.4 Å². The molecule has 0 aliphatic carbocycles. The van der Waals surface area contributed by atoms with Crippen LogP contribution < -0.4 is 10.5 Å². The first-order valence-electron chi connectivity index (χ1n) is 9.82. The molecule has 2 aliphatic rings. The molecule has 0 saturated carbocycles. The molecule has 4 rings (SSSR count). The van der Waals surface area contributed by atoms with Crippen LogP contribution in [0.4, 0.5) is 0 Å². The predicted molar refractivity (Wildman–Crippen MR) is 95.4 cm³/mol. The van der Waals surface area contributed by atoms with E-state index in [4.69, 9.17) is 14.6 Å². The number of ether oxygens (including phenoxy) is 1. The fourth-order valence-electron chi connectivity index (χ4n) is 3.07. The summed E-state index contributed by atoms with van der Waals surface area (Å²) in [5.74, 6) is 4.21. The molecule has 3 heterocycles. The van der Waals surface area contributed by atoms with Gasteiger partial charge < -0.3 is 20.5 Å². The van der Waals surface area contributed by atoms with E-state index in [1.807, 2.05) is 0 Å². The number of likely N-dealkylation sites (N-methyl/N-ethyl adjacent to an activating group) is 1. The Morgan fingerprint density at radius 2 is 2.33 bits per heavy atom. The van der Waals surface area contributed by atoms with E-state index in [2.05, 4.69) is 16.9 Å². The van der Waals surface area contributed by atoms with Crippen molar-refractivity contribution in [3.8, 4) is 23.3 Å². The number of hydrogen-bond acceptors (Lipinski definition) is 5. The standard InChI is InChI=1S/C19H18N4O4/c1-22-8-7-19(26,18(22)25)6-4-12-2-3-16-15(10-12)23-13(5-9-27-16)11-14(21-23)17(20)24/h2-3,10-11,26H,5,7-9H2,1H3,(H2,20,24)/i1D3. The Morgan fingerprint density at radius 3 is 3.07 bits per heavy atom. The monoisotopic (exact) mass is 369 g/mol. The normalized spacial score (nSPS) is 22.9. The summed E-state index contributed by atoms with van der Waals surface area (Å²) in [4.78, 5) is 24.5. The minimum absolute atomic E-state index is 0.101. The van der Waals surface area contributed by atoms with Gasteiger partial charge in [-0.1, -0.05) is 11.8 Å². The molecule has 138 valence electrons. The first-order valence-corrected chi connectivity index (χ1v) is 8.32. The number of rotatable bonds is 1. The van der Waals surface area contributed by atoms with Crippen molar-refractivity contribution in [1.82, 2.24) is 14.7 Å². The average molecular weight is 369 g/mol. The maximum Gasteiger partial charge on any atom is 0.269 e. The van der Waals surface area contributed by atoms with Crippen molar-refractivity contribution < 1.29 is 23.5 Å². The third kappa shape index (κ3) is 2.92. The Labute approximate surface area is 159 Å². The lowest BCUT2D eigenvalue weighted by Gasteiger charge is -2.13. The summed E-state index contributed by atoms with van der Waals surface area (Å²) in [6, 6.07) is 6.58. The molecule has 27 heavy (non-hydrogen) atoms. The molecular weight excluding hydrogens is 348 g/mol. The first kappa shape index (κ1) is 13.8. The van der Waals surface area contributed by atoms with Gasteiger partial charge in [0.2, 0.25) is 5.60 Å². The SMILES string of the molecule is [2H]C([2H])([2H])N1CCC(O)(C#Cc2ccc3c(c2)-n2nc(C(N)=O)cc2CCO3)C1=O. The second-order valence-corrected chi connectivity index (χ2v) is 6.39. The largest absolute Gasteiger partial charge is 0.491 e. The van der Waals surface area contributed by atoms with Gasteiger partial charge in [0.15, 0.2) is 5.69 Å². The number of carbonyl (C=O) groups is 2. The molecule has 8 heteroatoms. The summed E-state index contributed by atoms with van der Waals surface area (Å²) in [6.45, 7) is -2.34. The number of likely N-dealkylation sites (tertiary alicyclic amines) is 1. The third-order valence-corrected chi connectivity index (χ3v) is 4.55. The minimum atomic E-state index is -2.63. The summed E-state index contributed by atoms with van der Waals surface area (Å²) in [5.41, 5.74) is 5.13. The quantitative estimate of drug-likeness (QED) is 0.679. The second-order valence-electron chi connectivity index (χ2n) is 6.39. The van der Waals surface area contributed by atoms with Crippen LogP contribution in [0.15, 0.2) is 24.3 Å². The van der Waals surface area contributed by atoms with Crippen LogP contribution >= 0.6 is 0 Å². The van der Waals surface area contributed by atoms with Crippen LogP contribution in [0.25, 0.3) is 5.69 Å². The van der Waals surface area contributed by atoms with Gasteiger partial charge in [0.05, 0.1) is 6.61 Å². The molecule has 1 fully saturated rings. The van der Waals surface area contributed by atoms with Crippen LogP contribution in [0, 0.1) is 11.8 Å². The molecule has 2 aromatic rings. The number of hydrogen-bond donors (Lipinski definition) is 2. The number of benzene rings is 1. The highest BCUT2D eigenvalue weighted by molar-refractivity contribution is 5.91. The predicted octanol–water partition coefficient (Wildman–Crippen LogP) is -0.149. The zero-order valence-corrected chi connectivity index (χ0v) is 14.2. The molecule has 1 atom stereocenters. The van der Waals surface area contributed by atoms with Crippen LogP contribution in [0.2, 0.25) is 0 Å². The number of nitrogens with two attached hydrogens (primary N) is 1. The van der Waals surface area contributed by atoms with Crippen molar-refractivity contribution in [3.05, 3.63) is 41.2 Å². The first-order chi connectivity index (χ1) is 14.1. The molecule has 1 unspecified atom stereocenters. The summed E-state index contributed by atoms with van der Waals surface area (Å²) in [7, 11) is 0. The Hall–Kier alpha value is -3.31. The molecule has 2 aliphatic heterocycles. The van der Waals surface area contributed by atoms with E-state index in [1.165, 1.54) is 0 Å². The van der Waals surface area contributed by atoms with Crippen molar-refractivity contribution in [3.63, 3.8) is 0 Å². The molecule has 0 spiro atoms. The number of amides is 2. The van der Waals surface area contributed by atoms with Crippen molar-refractivity contribution in [2.45, 2.75) is 18.4 Å². The molecule has 8 nitrogen and oxygen atoms in total. The van der Waals surface area contributed by atoms with E-state index >= 15 is 0 Å². The van der Waals surface area contributed by atoms with Gasteiger partial charge in [-0.2, -0.15) is 5.10 Å². The van der Waals surface area contributed by atoms with E-state index in [9.17, 15) is 14.7 Å². The Morgan fingerprint density at radius 1 is 1.48 bits per heavy atom. The lowest BCUT2D eigenvalue weighted by Crippen LogP contribution is -2.37. The Balaban J connectivity index is 1.69. The molecule has 3 N–H and O–H groups in total. The fraction of sp³-hybridized carbons (Fsp3) is 0.316. The number of primary amides is 1. The van der Waals surface area contributed by atoms with Crippen LogP contribution in [0.5, 0.6) is 5.75 Å². The van der Waals surface area contributed by atoms with Crippen molar-refractivity contribution in [2.24, 2.45) is 5.73 Å². The summed E-state index contributed by atoms with van der Waals surface area (Å²) in [5, 5.41) is 14.8. The second kappa shape index (κ2) is 6.14. The van der Waals surface area contributed by atoms with Crippen LogP contribution in [-0.2, 0) is 11.2 Å². The molecular formula is C19H18N4O4. The maximum absolute atomic E-state index is 12.3. The third-order valence-electron chi connectivity index (χ3n) is 4.55. The van der Waals surface area contributed by atoms with Gasteiger partial charge in [-0.25, -0.2) is 4.68 Å². The summed E-state index contributed by atoms with van der Waals surface area (Å²) in [6.07, 6.45) is 0.422. The van der Waals surface area contributed by atoms with E-state index in [0.717, 1.165) is 5.69 Å². The van der Waals surface area contributed by atoms with Crippen LogP contribution in [0.3, 0.4) is 0 Å².